The van der Waals surface area contributed by atoms with Gasteiger partial charge in [-0.1, -0.05) is 18.2 Å². The normalized spacial score (nSPS) is 25.2. The molecule has 0 aliphatic carbocycles. The van der Waals surface area contributed by atoms with E-state index < -0.39 is 0 Å². The number of anilines is 1. The highest BCUT2D eigenvalue weighted by Crippen LogP contribution is 2.19. The second-order valence-corrected chi connectivity index (χ2v) is 4.56. The second kappa shape index (κ2) is 4.96. The van der Waals surface area contributed by atoms with E-state index in [0.29, 0.717) is 6.54 Å². The minimum atomic E-state index is -0.0160. The van der Waals surface area contributed by atoms with Crippen LogP contribution >= 0.6 is 0 Å². The number of nitrogens with zero attached hydrogens (tertiary/aromatic N) is 2. The third kappa shape index (κ3) is 2.19. The van der Waals surface area contributed by atoms with Crippen molar-refractivity contribution in [1.29, 1.82) is 0 Å². The molecule has 2 amide bonds. The third-order valence-corrected chi connectivity index (χ3v) is 3.45. The second-order valence-electron chi connectivity index (χ2n) is 4.56. The minimum Gasteiger partial charge on any atom is -0.379 e. The van der Waals surface area contributed by atoms with Gasteiger partial charge in [0, 0.05) is 18.8 Å². The van der Waals surface area contributed by atoms with E-state index in [1.54, 1.807) is 4.90 Å². The SMILES string of the molecule is O=C1NC(N2CCOCC2)CN1c1ccccc1. The van der Waals surface area contributed by atoms with E-state index in [2.05, 4.69) is 10.2 Å². The smallest absolute Gasteiger partial charge is 0.323 e. The molecule has 1 atom stereocenters. The average molecular weight is 247 g/mol. The lowest BCUT2D eigenvalue weighted by atomic mass is 10.3. The van der Waals surface area contributed by atoms with Gasteiger partial charge in [-0.25, -0.2) is 4.79 Å². The van der Waals surface area contributed by atoms with E-state index in [-0.39, 0.29) is 12.2 Å². The van der Waals surface area contributed by atoms with Gasteiger partial charge in [0.25, 0.3) is 0 Å². The zero-order chi connectivity index (χ0) is 12.4. The summed E-state index contributed by atoms with van der Waals surface area (Å²) in [5.74, 6) is 0. The van der Waals surface area contributed by atoms with Gasteiger partial charge in [-0.15, -0.1) is 0 Å². The number of benzene rings is 1. The number of carbonyl (C=O) groups is 1. The summed E-state index contributed by atoms with van der Waals surface area (Å²) >= 11 is 0. The largest absolute Gasteiger partial charge is 0.379 e. The van der Waals surface area contributed by atoms with Crippen LogP contribution in [-0.2, 0) is 4.74 Å². The molecule has 2 aliphatic heterocycles. The lowest BCUT2D eigenvalue weighted by Crippen LogP contribution is -2.49. The fourth-order valence-corrected chi connectivity index (χ4v) is 2.45. The number of carbonyl (C=O) groups excluding carboxylic acids is 1. The van der Waals surface area contributed by atoms with E-state index in [1.165, 1.54) is 0 Å². The molecule has 0 saturated carbocycles. The Labute approximate surface area is 106 Å². The number of ether oxygens (including phenoxy) is 1. The van der Waals surface area contributed by atoms with Gasteiger partial charge in [0.05, 0.1) is 19.8 Å². The zero-order valence-corrected chi connectivity index (χ0v) is 10.2. The molecule has 0 radical (unpaired) electrons. The fourth-order valence-electron chi connectivity index (χ4n) is 2.45. The first-order valence-electron chi connectivity index (χ1n) is 6.29. The molecule has 1 aromatic rings. The Morgan fingerprint density at radius 2 is 1.89 bits per heavy atom. The summed E-state index contributed by atoms with van der Waals surface area (Å²) < 4.78 is 5.33. The first kappa shape index (κ1) is 11.5. The average Bonchev–Trinajstić information content (AvgIpc) is 2.83. The first-order chi connectivity index (χ1) is 8.84. The van der Waals surface area contributed by atoms with Crippen LogP contribution in [0.1, 0.15) is 0 Å². The van der Waals surface area contributed by atoms with Crippen molar-refractivity contribution >= 4 is 11.7 Å². The summed E-state index contributed by atoms with van der Waals surface area (Å²) in [5.41, 5.74) is 0.950. The van der Waals surface area contributed by atoms with Crippen molar-refractivity contribution in [1.82, 2.24) is 10.2 Å². The predicted molar refractivity (Wildman–Crippen MR) is 68.5 cm³/mol. The number of morpholine rings is 1. The number of rotatable bonds is 2. The molecular weight excluding hydrogens is 230 g/mol. The van der Waals surface area contributed by atoms with Gasteiger partial charge >= 0.3 is 6.03 Å². The molecule has 5 nitrogen and oxygen atoms in total. The van der Waals surface area contributed by atoms with Crippen molar-refractivity contribution in [2.45, 2.75) is 6.17 Å². The topological polar surface area (TPSA) is 44.8 Å². The zero-order valence-electron chi connectivity index (χ0n) is 10.2. The number of hydrogen-bond donors (Lipinski definition) is 1. The van der Waals surface area contributed by atoms with Crippen LogP contribution in [-0.4, -0.2) is 49.9 Å². The molecule has 2 heterocycles. The summed E-state index contributed by atoms with van der Waals surface area (Å²) in [6.45, 7) is 3.96. The van der Waals surface area contributed by atoms with Crippen molar-refractivity contribution < 1.29 is 9.53 Å². The Morgan fingerprint density at radius 3 is 2.61 bits per heavy atom. The van der Waals surface area contributed by atoms with Crippen molar-refractivity contribution in [3.05, 3.63) is 30.3 Å². The molecule has 0 bridgehead atoms. The van der Waals surface area contributed by atoms with Crippen LogP contribution in [0.15, 0.2) is 30.3 Å². The molecule has 2 saturated heterocycles. The van der Waals surface area contributed by atoms with Crippen molar-refractivity contribution in [2.75, 3.05) is 37.7 Å². The Hall–Kier alpha value is -1.59. The number of para-hydroxylation sites is 1. The molecule has 2 fully saturated rings. The Morgan fingerprint density at radius 1 is 1.17 bits per heavy atom. The van der Waals surface area contributed by atoms with Crippen LogP contribution in [0.2, 0.25) is 0 Å². The molecule has 1 aromatic carbocycles. The number of amides is 2. The number of urea groups is 1. The highest BCUT2D eigenvalue weighted by Gasteiger charge is 2.33. The van der Waals surface area contributed by atoms with Crippen molar-refractivity contribution in [2.24, 2.45) is 0 Å². The van der Waals surface area contributed by atoms with E-state index in [0.717, 1.165) is 32.0 Å². The monoisotopic (exact) mass is 247 g/mol. The summed E-state index contributed by atoms with van der Waals surface area (Å²) in [6, 6.07) is 9.76. The summed E-state index contributed by atoms with van der Waals surface area (Å²) in [5, 5.41) is 3.03. The maximum Gasteiger partial charge on any atom is 0.323 e. The molecule has 5 heteroatoms. The highest BCUT2D eigenvalue weighted by atomic mass is 16.5. The molecule has 0 spiro atoms. The fraction of sp³-hybridized carbons (Fsp3) is 0.462. The van der Waals surface area contributed by atoms with E-state index >= 15 is 0 Å². The van der Waals surface area contributed by atoms with Crippen LogP contribution in [0.25, 0.3) is 0 Å². The van der Waals surface area contributed by atoms with E-state index in [9.17, 15) is 4.79 Å². The molecule has 2 aliphatic rings. The number of hydrogen-bond acceptors (Lipinski definition) is 3. The predicted octanol–water partition coefficient (Wildman–Crippen LogP) is 0.874. The lowest BCUT2D eigenvalue weighted by molar-refractivity contribution is 0.0172. The van der Waals surface area contributed by atoms with E-state index in [4.69, 9.17) is 4.74 Å². The van der Waals surface area contributed by atoms with Gasteiger partial charge < -0.3 is 10.1 Å². The van der Waals surface area contributed by atoms with E-state index in [1.807, 2.05) is 30.3 Å². The number of nitrogens with one attached hydrogen (secondary N) is 1. The van der Waals surface area contributed by atoms with Crippen LogP contribution in [0.4, 0.5) is 10.5 Å². The Kier molecular flexibility index (Phi) is 3.17. The van der Waals surface area contributed by atoms with Crippen molar-refractivity contribution in [3.63, 3.8) is 0 Å². The summed E-state index contributed by atoms with van der Waals surface area (Å²) in [4.78, 5) is 16.0. The van der Waals surface area contributed by atoms with Gasteiger partial charge in [0.1, 0.15) is 6.17 Å². The Balaban J connectivity index is 1.70. The summed E-state index contributed by atoms with van der Waals surface area (Å²) in [6.07, 6.45) is 0.0987. The molecule has 1 unspecified atom stereocenters. The summed E-state index contributed by atoms with van der Waals surface area (Å²) in [7, 11) is 0. The maximum absolute atomic E-state index is 12.0. The molecule has 0 aromatic heterocycles. The lowest BCUT2D eigenvalue weighted by Gasteiger charge is -2.31. The van der Waals surface area contributed by atoms with Gasteiger partial charge in [0.15, 0.2) is 0 Å². The third-order valence-electron chi connectivity index (χ3n) is 3.45. The maximum atomic E-state index is 12.0. The van der Waals surface area contributed by atoms with Crippen LogP contribution in [0, 0.1) is 0 Å². The van der Waals surface area contributed by atoms with Crippen LogP contribution < -0.4 is 10.2 Å². The minimum absolute atomic E-state index is 0.0160. The van der Waals surface area contributed by atoms with Crippen molar-refractivity contribution in [3.8, 4) is 0 Å². The first-order valence-corrected chi connectivity index (χ1v) is 6.29. The van der Waals surface area contributed by atoms with Crippen LogP contribution in [0.5, 0.6) is 0 Å². The molecular formula is C13H17N3O2. The van der Waals surface area contributed by atoms with Crippen LogP contribution in [0.3, 0.4) is 0 Å². The molecule has 96 valence electrons. The standard InChI is InChI=1S/C13H17N3O2/c17-13-14-12(15-6-8-18-9-7-15)10-16(13)11-4-2-1-3-5-11/h1-5,12H,6-10H2,(H,14,17). The van der Waals surface area contributed by atoms with Gasteiger partial charge in [-0.2, -0.15) is 0 Å². The quantitative estimate of drug-likeness (QED) is 0.843. The molecule has 3 rings (SSSR count). The molecule has 18 heavy (non-hydrogen) atoms. The van der Waals surface area contributed by atoms with Gasteiger partial charge in [0.2, 0.25) is 0 Å². The molecule has 1 N–H and O–H groups in total. The van der Waals surface area contributed by atoms with Gasteiger partial charge in [-0.05, 0) is 12.1 Å². The Bertz CT molecular complexity index is 418. The van der Waals surface area contributed by atoms with Gasteiger partial charge in [-0.3, -0.25) is 9.80 Å². The highest BCUT2D eigenvalue weighted by molar-refractivity contribution is 5.94.